The van der Waals surface area contributed by atoms with Gasteiger partial charge in [0.15, 0.2) is 0 Å². The Morgan fingerprint density at radius 3 is 2.82 bits per heavy atom. The molecule has 0 saturated carbocycles. The number of carbonyl (C=O) groups excluding carboxylic acids is 1. The van der Waals surface area contributed by atoms with Crippen LogP contribution < -0.4 is 5.32 Å². The Kier molecular flexibility index (Phi) is 5.43. The molecule has 1 heterocycles. The first-order valence-corrected chi connectivity index (χ1v) is 7.34. The third kappa shape index (κ3) is 4.01. The molecule has 1 rings (SSSR count). The zero-order valence-corrected chi connectivity index (χ0v) is 11.2. The average Bonchev–Trinajstić information content (AvgIpc) is 2.77. The lowest BCUT2D eigenvalue weighted by Crippen LogP contribution is -2.36. The highest BCUT2D eigenvalue weighted by Gasteiger charge is 2.16. The van der Waals surface area contributed by atoms with Crippen LogP contribution in [0.25, 0.3) is 0 Å². The maximum atomic E-state index is 11.8. The second-order valence-electron chi connectivity index (χ2n) is 3.38. The minimum atomic E-state index is -1.11. The van der Waals surface area contributed by atoms with Gasteiger partial charge in [0.1, 0.15) is 5.69 Å². The Bertz CT molecular complexity index is 406. The van der Waals surface area contributed by atoms with Gasteiger partial charge in [-0.3, -0.25) is 4.79 Å². The van der Waals surface area contributed by atoms with Gasteiger partial charge in [0.25, 0.3) is 5.91 Å². The summed E-state index contributed by atoms with van der Waals surface area (Å²) < 4.78 is 0. The molecule has 0 aliphatic heterocycles. The molecule has 0 aliphatic carbocycles. The van der Waals surface area contributed by atoms with E-state index in [-0.39, 0.29) is 22.7 Å². The molecule has 1 aromatic rings. The summed E-state index contributed by atoms with van der Waals surface area (Å²) in [5.41, 5.74) is 0.173. The quantitative estimate of drug-likeness (QED) is 0.825. The average molecular weight is 274 g/mol. The van der Waals surface area contributed by atoms with Gasteiger partial charge in [-0.1, -0.05) is 6.92 Å². The van der Waals surface area contributed by atoms with Crippen molar-refractivity contribution in [3.05, 3.63) is 16.1 Å². The summed E-state index contributed by atoms with van der Waals surface area (Å²) in [6, 6.07) is 0.0903. The number of thioether (sulfide) groups is 1. The third-order valence-corrected chi connectivity index (χ3v) is 3.68. The normalized spacial score (nSPS) is 12.1. The lowest BCUT2D eigenvalue weighted by molar-refractivity contribution is 0.0696. The maximum absolute atomic E-state index is 11.8. The summed E-state index contributed by atoms with van der Waals surface area (Å²) >= 11 is 2.61. The number of aromatic nitrogens is 1. The van der Waals surface area contributed by atoms with E-state index in [9.17, 15) is 9.59 Å². The van der Waals surface area contributed by atoms with Gasteiger partial charge < -0.3 is 10.4 Å². The topological polar surface area (TPSA) is 79.3 Å². The van der Waals surface area contributed by atoms with Gasteiger partial charge >= 0.3 is 5.97 Å². The van der Waals surface area contributed by atoms with Crippen LogP contribution in [0.4, 0.5) is 0 Å². The number of rotatable bonds is 6. The minimum absolute atomic E-state index is 0.0620. The van der Waals surface area contributed by atoms with E-state index in [1.165, 1.54) is 5.38 Å². The van der Waals surface area contributed by atoms with Crippen LogP contribution in [0.15, 0.2) is 5.38 Å². The Balaban J connectivity index is 2.65. The lowest BCUT2D eigenvalue weighted by atomic mass is 10.2. The van der Waals surface area contributed by atoms with Gasteiger partial charge in [-0.25, -0.2) is 9.78 Å². The highest BCUT2D eigenvalue weighted by molar-refractivity contribution is 7.98. The number of amides is 1. The Hall–Kier alpha value is -1.08. The molecule has 1 amide bonds. The molecule has 2 N–H and O–H groups in total. The van der Waals surface area contributed by atoms with E-state index in [0.29, 0.717) is 0 Å². The molecule has 1 unspecified atom stereocenters. The lowest BCUT2D eigenvalue weighted by Gasteiger charge is -2.14. The van der Waals surface area contributed by atoms with Crippen molar-refractivity contribution in [2.75, 3.05) is 12.0 Å². The van der Waals surface area contributed by atoms with Crippen molar-refractivity contribution in [1.82, 2.24) is 10.3 Å². The van der Waals surface area contributed by atoms with Crippen LogP contribution in [0.3, 0.4) is 0 Å². The zero-order chi connectivity index (χ0) is 12.8. The fourth-order valence-corrected chi connectivity index (χ4v) is 2.55. The Morgan fingerprint density at radius 1 is 1.65 bits per heavy atom. The van der Waals surface area contributed by atoms with Crippen LogP contribution in [0.2, 0.25) is 0 Å². The summed E-state index contributed by atoms with van der Waals surface area (Å²) in [7, 11) is 0. The highest BCUT2D eigenvalue weighted by Crippen LogP contribution is 2.10. The predicted molar refractivity (Wildman–Crippen MR) is 69.0 cm³/mol. The van der Waals surface area contributed by atoms with Crippen molar-refractivity contribution in [3.8, 4) is 0 Å². The van der Waals surface area contributed by atoms with Gasteiger partial charge in [0.2, 0.25) is 5.01 Å². The second kappa shape index (κ2) is 6.61. The van der Waals surface area contributed by atoms with Crippen molar-refractivity contribution in [2.45, 2.75) is 19.4 Å². The molecule has 7 heteroatoms. The number of hydrogen-bond acceptors (Lipinski definition) is 5. The van der Waals surface area contributed by atoms with E-state index in [1.807, 2.05) is 13.2 Å². The molecule has 0 aliphatic rings. The molecule has 5 nitrogen and oxygen atoms in total. The van der Waals surface area contributed by atoms with Crippen LogP contribution in [-0.4, -0.2) is 40.0 Å². The van der Waals surface area contributed by atoms with E-state index in [4.69, 9.17) is 5.11 Å². The number of nitrogens with one attached hydrogen (secondary N) is 1. The number of carboxylic acid groups (broad SMARTS) is 1. The smallest absolute Gasteiger partial charge is 0.365 e. The molecule has 0 bridgehead atoms. The van der Waals surface area contributed by atoms with Crippen LogP contribution in [-0.2, 0) is 0 Å². The SMILES string of the molecule is CCC(CSC)NC(=O)c1csc(C(=O)O)n1. The number of hydrogen-bond donors (Lipinski definition) is 2. The summed E-state index contributed by atoms with van der Waals surface area (Å²) in [5, 5.41) is 12.9. The standard InChI is InChI=1S/C10H14N2O3S2/c1-3-6(4-16-2)11-8(13)7-5-17-9(12-7)10(14)15/h5-6H,3-4H2,1-2H3,(H,11,13)(H,14,15). The third-order valence-electron chi connectivity index (χ3n) is 2.12. The van der Waals surface area contributed by atoms with Gasteiger partial charge in [-0.05, 0) is 12.7 Å². The maximum Gasteiger partial charge on any atom is 0.365 e. The molecule has 0 spiro atoms. The zero-order valence-electron chi connectivity index (χ0n) is 9.60. The number of carboxylic acids is 1. The van der Waals surface area contributed by atoms with Gasteiger partial charge in [0, 0.05) is 17.2 Å². The van der Waals surface area contributed by atoms with E-state index in [2.05, 4.69) is 10.3 Å². The molecular formula is C10H14N2O3S2. The van der Waals surface area contributed by atoms with Crippen molar-refractivity contribution in [1.29, 1.82) is 0 Å². The summed E-state index contributed by atoms with van der Waals surface area (Å²) in [6.07, 6.45) is 2.81. The highest BCUT2D eigenvalue weighted by atomic mass is 32.2. The van der Waals surface area contributed by atoms with Crippen LogP contribution >= 0.6 is 23.1 Å². The molecule has 0 radical (unpaired) electrons. The van der Waals surface area contributed by atoms with Crippen LogP contribution in [0, 0.1) is 0 Å². The van der Waals surface area contributed by atoms with Gasteiger partial charge in [-0.15, -0.1) is 11.3 Å². The first-order valence-electron chi connectivity index (χ1n) is 5.07. The largest absolute Gasteiger partial charge is 0.476 e. The molecule has 94 valence electrons. The molecular weight excluding hydrogens is 260 g/mol. The molecule has 0 aromatic carbocycles. The van der Waals surface area contributed by atoms with E-state index in [1.54, 1.807) is 11.8 Å². The first kappa shape index (κ1) is 14.0. The molecule has 1 atom stereocenters. The Morgan fingerprint density at radius 2 is 2.35 bits per heavy atom. The van der Waals surface area contributed by atoms with Crippen LogP contribution in [0.1, 0.15) is 33.6 Å². The molecule has 1 aromatic heterocycles. The van der Waals surface area contributed by atoms with Crippen molar-refractivity contribution in [3.63, 3.8) is 0 Å². The minimum Gasteiger partial charge on any atom is -0.476 e. The molecule has 0 fully saturated rings. The first-order chi connectivity index (χ1) is 8.08. The van der Waals surface area contributed by atoms with E-state index in [0.717, 1.165) is 23.5 Å². The molecule has 17 heavy (non-hydrogen) atoms. The van der Waals surface area contributed by atoms with Crippen molar-refractivity contribution < 1.29 is 14.7 Å². The fourth-order valence-electron chi connectivity index (χ4n) is 1.20. The summed E-state index contributed by atoms with van der Waals surface area (Å²) in [5.74, 6) is -0.585. The number of aromatic carboxylic acids is 1. The number of carbonyl (C=O) groups is 2. The second-order valence-corrected chi connectivity index (χ2v) is 5.15. The van der Waals surface area contributed by atoms with E-state index >= 15 is 0 Å². The number of thiazole rings is 1. The predicted octanol–water partition coefficient (Wildman–Crippen LogP) is 1.71. The Labute approximate surface area is 108 Å². The van der Waals surface area contributed by atoms with Gasteiger partial charge in [0.05, 0.1) is 0 Å². The molecule has 0 saturated heterocycles. The monoisotopic (exact) mass is 274 g/mol. The van der Waals surface area contributed by atoms with Crippen molar-refractivity contribution in [2.24, 2.45) is 0 Å². The van der Waals surface area contributed by atoms with Gasteiger partial charge in [-0.2, -0.15) is 11.8 Å². The van der Waals surface area contributed by atoms with Crippen molar-refractivity contribution >= 4 is 35.0 Å². The fraction of sp³-hybridized carbons (Fsp3) is 0.500. The van der Waals surface area contributed by atoms with E-state index < -0.39 is 5.97 Å². The number of nitrogens with zero attached hydrogens (tertiary/aromatic N) is 1. The summed E-state index contributed by atoms with van der Waals surface area (Å²) in [4.78, 5) is 26.1. The van der Waals surface area contributed by atoms with Crippen LogP contribution in [0.5, 0.6) is 0 Å². The summed E-state index contributed by atoms with van der Waals surface area (Å²) in [6.45, 7) is 1.99.